The van der Waals surface area contributed by atoms with Crippen LogP contribution in [-0.2, 0) is 16.1 Å². The first-order chi connectivity index (χ1) is 19.0. The Bertz CT molecular complexity index is 1970. The Kier molecular flexibility index (Phi) is 5.47. The Hall–Kier alpha value is -4.53. The Morgan fingerprint density at radius 3 is 2.36 bits per heavy atom. The fourth-order valence-corrected chi connectivity index (χ4v) is 6.40. The molecule has 1 N–H and O–H groups in total. The quantitative estimate of drug-likeness (QED) is 0.295. The second-order valence-electron chi connectivity index (χ2n) is 9.97. The van der Waals surface area contributed by atoms with Crippen LogP contribution in [0.15, 0.2) is 84.4 Å². The van der Waals surface area contributed by atoms with Crippen LogP contribution in [0.5, 0.6) is 0 Å². The molecule has 0 bridgehead atoms. The number of benzene rings is 3. The van der Waals surface area contributed by atoms with Crippen molar-refractivity contribution in [1.29, 1.82) is 0 Å². The van der Waals surface area contributed by atoms with E-state index in [1.54, 1.807) is 11.3 Å². The molecule has 192 valence electrons. The van der Waals surface area contributed by atoms with Gasteiger partial charge in [0.25, 0.3) is 11.8 Å². The van der Waals surface area contributed by atoms with Crippen molar-refractivity contribution >= 4 is 66.2 Å². The molecule has 0 spiro atoms. The number of carbonyl (C=O) groups is 2. The van der Waals surface area contributed by atoms with Gasteiger partial charge in [-0.15, -0.1) is 11.3 Å². The topological polar surface area (TPSA) is 72.2 Å². The molecule has 0 saturated heterocycles. The first kappa shape index (κ1) is 23.6. The summed E-state index contributed by atoms with van der Waals surface area (Å²) in [7, 11) is 4.00. The van der Waals surface area contributed by atoms with Crippen molar-refractivity contribution in [2.24, 2.45) is 0 Å². The molecule has 7 nitrogen and oxygen atoms in total. The molecule has 4 heterocycles. The average Bonchev–Trinajstić information content (AvgIpc) is 3.68. The second-order valence-corrected chi connectivity index (χ2v) is 10.9. The summed E-state index contributed by atoms with van der Waals surface area (Å²) in [5.41, 5.74) is 4.95. The predicted molar refractivity (Wildman–Crippen MR) is 157 cm³/mol. The van der Waals surface area contributed by atoms with Crippen molar-refractivity contribution < 1.29 is 9.59 Å². The summed E-state index contributed by atoms with van der Waals surface area (Å²) in [6, 6.07) is 24.1. The first-order valence-corrected chi connectivity index (χ1v) is 13.7. The number of amides is 2. The van der Waals surface area contributed by atoms with Crippen LogP contribution < -0.4 is 5.32 Å². The zero-order chi connectivity index (χ0) is 26.7. The fourth-order valence-electron chi connectivity index (χ4n) is 5.47. The average molecular weight is 532 g/mol. The van der Waals surface area contributed by atoms with E-state index in [0.717, 1.165) is 45.0 Å². The molecule has 0 radical (unpaired) electrons. The van der Waals surface area contributed by atoms with Crippen LogP contribution in [0.2, 0.25) is 0 Å². The molecule has 1 aliphatic heterocycles. The molecule has 0 aliphatic carbocycles. The van der Waals surface area contributed by atoms with Gasteiger partial charge in [0.05, 0.1) is 40.1 Å². The van der Waals surface area contributed by atoms with Gasteiger partial charge in [0.1, 0.15) is 0 Å². The van der Waals surface area contributed by atoms with Crippen LogP contribution in [0, 0.1) is 0 Å². The Morgan fingerprint density at radius 1 is 0.846 bits per heavy atom. The number of thiophene rings is 1. The van der Waals surface area contributed by atoms with Gasteiger partial charge in [-0.1, -0.05) is 54.6 Å². The molecule has 6 aromatic rings. The summed E-state index contributed by atoms with van der Waals surface area (Å²) < 4.78 is 5.19. The Balaban J connectivity index is 1.52. The highest BCUT2D eigenvalue weighted by Gasteiger charge is 2.37. The number of fused-ring (bicyclic) bond motifs is 3. The zero-order valence-electron chi connectivity index (χ0n) is 21.5. The third-order valence-electron chi connectivity index (χ3n) is 7.27. The molecule has 3 aromatic carbocycles. The highest BCUT2D eigenvalue weighted by atomic mass is 32.1. The van der Waals surface area contributed by atoms with Gasteiger partial charge in [-0.2, -0.15) is 5.10 Å². The van der Waals surface area contributed by atoms with Gasteiger partial charge in [-0.05, 0) is 32.3 Å². The fraction of sp³-hybridized carbons (Fsp3) is 0.129. The first-order valence-electron chi connectivity index (χ1n) is 12.8. The molecular formula is C31H25N5O2S. The van der Waals surface area contributed by atoms with Gasteiger partial charge in [-0.25, -0.2) is 0 Å². The lowest BCUT2D eigenvalue weighted by Gasteiger charge is -2.13. The van der Waals surface area contributed by atoms with Crippen molar-refractivity contribution in [3.63, 3.8) is 0 Å². The second kappa shape index (κ2) is 9.04. The summed E-state index contributed by atoms with van der Waals surface area (Å²) >= 11 is 1.69. The maximum absolute atomic E-state index is 13.5. The highest BCUT2D eigenvalue weighted by molar-refractivity contribution is 7.17. The summed E-state index contributed by atoms with van der Waals surface area (Å²) in [5, 5.41) is 12.4. The lowest BCUT2D eigenvalue weighted by molar-refractivity contribution is -0.122. The monoisotopic (exact) mass is 531 g/mol. The summed E-state index contributed by atoms with van der Waals surface area (Å²) in [6.45, 7) is 1.32. The number of likely N-dealkylation sites (N-methyl/N-ethyl adjacent to an activating group) is 1. The SMILES string of the molecule is CN(C)CCn1nc2ccccc2c1C1=C(c2cn(-c3csc4ccccc34)c3ccccc23)C(=O)NC1=O. The van der Waals surface area contributed by atoms with E-state index in [-0.39, 0.29) is 0 Å². The molecule has 1 aliphatic rings. The Morgan fingerprint density at radius 2 is 1.54 bits per heavy atom. The van der Waals surface area contributed by atoms with E-state index in [9.17, 15) is 9.59 Å². The minimum absolute atomic E-state index is 0.366. The van der Waals surface area contributed by atoms with Crippen molar-refractivity contribution in [3.05, 3.63) is 95.6 Å². The standard InChI is InChI=1S/C31H25N5O2S/c1-34(2)15-16-36-29(20-10-3-6-12-23(20)33-36)28-27(30(37)32-31(28)38)22-17-35(24-13-7-4-9-19(22)24)25-18-39-26-14-8-5-11-21(25)26/h3-14,17-18H,15-16H2,1-2H3,(H,32,37,38). The summed E-state index contributed by atoms with van der Waals surface area (Å²) in [6.07, 6.45) is 2.00. The van der Waals surface area contributed by atoms with E-state index < -0.39 is 11.8 Å². The number of aromatic nitrogens is 3. The van der Waals surface area contributed by atoms with Gasteiger partial charge in [0, 0.05) is 44.5 Å². The van der Waals surface area contributed by atoms with E-state index in [0.29, 0.717) is 23.4 Å². The van der Waals surface area contributed by atoms with E-state index >= 15 is 0 Å². The number of nitrogens with one attached hydrogen (secondary N) is 1. The van der Waals surface area contributed by atoms with Crippen LogP contribution in [0.25, 0.3) is 48.7 Å². The smallest absolute Gasteiger partial charge is 0.261 e. The van der Waals surface area contributed by atoms with E-state index in [1.165, 1.54) is 4.70 Å². The molecule has 0 atom stereocenters. The van der Waals surface area contributed by atoms with Crippen molar-refractivity contribution in [1.82, 2.24) is 24.6 Å². The minimum atomic E-state index is -0.399. The Labute approximate surface area is 228 Å². The molecule has 3 aromatic heterocycles. The molecule has 2 amide bonds. The van der Waals surface area contributed by atoms with Crippen LogP contribution in [0.4, 0.5) is 0 Å². The van der Waals surface area contributed by atoms with Crippen LogP contribution in [0.3, 0.4) is 0 Å². The van der Waals surface area contributed by atoms with Crippen molar-refractivity contribution in [2.45, 2.75) is 6.54 Å². The summed E-state index contributed by atoms with van der Waals surface area (Å²) in [5.74, 6) is -0.790. The third kappa shape index (κ3) is 3.71. The van der Waals surface area contributed by atoms with Gasteiger partial charge in [0.15, 0.2) is 0 Å². The number of nitrogens with zero attached hydrogens (tertiary/aromatic N) is 4. The largest absolute Gasteiger partial charge is 0.314 e. The van der Waals surface area contributed by atoms with E-state index in [2.05, 4.69) is 38.4 Å². The van der Waals surface area contributed by atoms with Gasteiger partial charge in [-0.3, -0.25) is 19.6 Å². The molecule has 0 fully saturated rings. The van der Waals surface area contributed by atoms with Gasteiger partial charge < -0.3 is 9.47 Å². The number of carbonyl (C=O) groups excluding carboxylic acids is 2. The van der Waals surface area contributed by atoms with Crippen LogP contribution in [-0.4, -0.2) is 51.7 Å². The van der Waals surface area contributed by atoms with E-state index in [1.807, 2.05) is 79.6 Å². The number of imide groups is 1. The normalized spacial score (nSPS) is 14.0. The van der Waals surface area contributed by atoms with Crippen LogP contribution in [0.1, 0.15) is 11.3 Å². The lowest BCUT2D eigenvalue weighted by atomic mass is 9.97. The molecule has 0 saturated carbocycles. The van der Waals surface area contributed by atoms with Crippen molar-refractivity contribution in [2.75, 3.05) is 20.6 Å². The zero-order valence-corrected chi connectivity index (χ0v) is 22.3. The van der Waals surface area contributed by atoms with E-state index in [4.69, 9.17) is 5.10 Å². The van der Waals surface area contributed by atoms with Crippen LogP contribution >= 0.6 is 11.3 Å². The lowest BCUT2D eigenvalue weighted by Crippen LogP contribution is -2.24. The van der Waals surface area contributed by atoms with Gasteiger partial charge in [0.2, 0.25) is 0 Å². The summed E-state index contributed by atoms with van der Waals surface area (Å²) in [4.78, 5) is 29.1. The molecular weight excluding hydrogens is 506 g/mol. The number of hydrogen-bond acceptors (Lipinski definition) is 5. The third-order valence-corrected chi connectivity index (χ3v) is 8.23. The molecule has 39 heavy (non-hydrogen) atoms. The minimum Gasteiger partial charge on any atom is -0.314 e. The molecule has 0 unspecified atom stereocenters. The highest BCUT2D eigenvalue weighted by Crippen LogP contribution is 2.40. The molecule has 7 rings (SSSR count). The maximum Gasteiger partial charge on any atom is 0.261 e. The van der Waals surface area contributed by atoms with Gasteiger partial charge >= 0.3 is 0 Å². The van der Waals surface area contributed by atoms with Crippen molar-refractivity contribution in [3.8, 4) is 5.69 Å². The number of rotatable bonds is 6. The number of para-hydroxylation sites is 1. The predicted octanol–water partition coefficient (Wildman–Crippen LogP) is 5.32. The maximum atomic E-state index is 13.5. The molecule has 8 heteroatoms. The number of hydrogen-bond donors (Lipinski definition) is 1.